The molecule has 4 heteroatoms. The number of benzene rings is 1. The van der Waals surface area contributed by atoms with Gasteiger partial charge in [0.25, 0.3) is 0 Å². The maximum absolute atomic E-state index is 12.2. The van der Waals surface area contributed by atoms with Crippen molar-refractivity contribution in [2.24, 2.45) is 0 Å². The predicted molar refractivity (Wildman–Crippen MR) is 40.7 cm³/mol. The van der Waals surface area contributed by atoms with E-state index in [0.29, 0.717) is 5.75 Å². The van der Waals surface area contributed by atoms with Crippen LogP contribution in [-0.2, 0) is 16.3 Å². The first-order valence-corrected chi connectivity index (χ1v) is 9.76. The van der Waals surface area contributed by atoms with E-state index in [4.69, 9.17) is 4.74 Å². The fourth-order valence-corrected chi connectivity index (χ4v) is 0.540. The summed E-state index contributed by atoms with van der Waals surface area (Å²) in [6, 6.07) is 6.91. The molecular weight excluding hydrogens is 264 g/mol. The van der Waals surface area contributed by atoms with Crippen LogP contribution in [0.4, 0.5) is 4.39 Å². The van der Waals surface area contributed by atoms with Gasteiger partial charge in [-0.3, -0.25) is 0 Å². The molecule has 0 unspecified atom stereocenters. The van der Waals surface area contributed by atoms with Gasteiger partial charge in [0.05, 0.1) is 7.11 Å². The number of methoxy groups -OCH3 is 1. The molecule has 11 heavy (non-hydrogen) atoms. The quantitative estimate of drug-likeness (QED) is 0.563. The molecule has 1 aromatic rings. The number of ether oxygens (including phenoxy) is 1. The van der Waals surface area contributed by atoms with Gasteiger partial charge in [0.2, 0.25) is 0 Å². The van der Waals surface area contributed by atoms with E-state index in [9.17, 15) is 4.39 Å². The van der Waals surface area contributed by atoms with E-state index < -0.39 is 5.82 Å². The van der Waals surface area contributed by atoms with Crippen molar-refractivity contribution >= 4 is 13.6 Å². The average Bonchev–Trinajstić information content (AvgIpc) is 2.08. The number of halogens is 2. The summed E-state index contributed by atoms with van der Waals surface area (Å²) in [6.45, 7) is 0. The third-order valence-electron chi connectivity index (χ3n) is 0.953. The molecule has 0 N–H and O–H groups in total. The van der Waals surface area contributed by atoms with Crippen LogP contribution in [0, 0.1) is 11.9 Å². The number of hydrogen-bond acceptors (Lipinski definition) is 1. The van der Waals surface area contributed by atoms with E-state index in [1.807, 2.05) is 0 Å². The van der Waals surface area contributed by atoms with E-state index >= 15 is 0 Å². The molecule has 1 rings (SSSR count). The first-order valence-electron chi connectivity index (χ1n) is 2.81. The molecule has 0 spiro atoms. The molecule has 0 saturated heterocycles. The van der Waals surface area contributed by atoms with Crippen molar-refractivity contribution in [2.45, 2.75) is 0 Å². The van der Waals surface area contributed by atoms with Crippen LogP contribution in [0.25, 0.3) is 0 Å². The van der Waals surface area contributed by atoms with E-state index in [1.165, 1.54) is 29.5 Å². The van der Waals surface area contributed by atoms with Crippen LogP contribution in [0.3, 0.4) is 0 Å². The van der Waals surface area contributed by atoms with Crippen LogP contribution < -0.4 is 4.74 Å². The normalized spacial score (nSPS) is 8.09. The zero-order valence-corrected chi connectivity index (χ0v) is 10.7. The minimum atomic E-state index is -0.394. The van der Waals surface area contributed by atoms with E-state index in [2.05, 4.69) is 19.7 Å². The summed E-state index contributed by atoms with van der Waals surface area (Å²) >= 11 is 4.25. The Kier molecular flexibility index (Phi) is 6.78. The topological polar surface area (TPSA) is 9.23 Å². The summed E-state index contributed by atoms with van der Waals surface area (Å²) in [7, 11) is 1.48. The van der Waals surface area contributed by atoms with Gasteiger partial charge in [0.15, 0.2) is 0 Å². The Morgan fingerprint density at radius 3 is 2.55 bits per heavy atom. The Morgan fingerprint density at radius 1 is 1.55 bits per heavy atom. The zero-order chi connectivity index (χ0) is 8.69. The summed E-state index contributed by atoms with van der Waals surface area (Å²) in [4.78, 5) is 0. The first-order chi connectivity index (χ1) is 5.33. The van der Waals surface area contributed by atoms with Crippen LogP contribution >= 0.6 is 13.6 Å². The van der Waals surface area contributed by atoms with Crippen molar-refractivity contribution in [3.8, 4) is 5.75 Å². The molecule has 0 bridgehead atoms. The Bertz CT molecular complexity index is 207. The maximum atomic E-state index is 12.2. The van der Waals surface area contributed by atoms with Gasteiger partial charge >= 0.3 is 30.0 Å². The summed E-state index contributed by atoms with van der Waals surface area (Å²) in [5, 5.41) is 0. The fourth-order valence-electron chi connectivity index (χ4n) is 0.540. The molecule has 0 saturated carbocycles. The Labute approximate surface area is 82.0 Å². The number of hydrogen-bond donors (Lipinski definition) is 0. The molecule has 0 atom stereocenters. The van der Waals surface area contributed by atoms with Crippen molar-refractivity contribution in [1.29, 1.82) is 0 Å². The molecule has 0 amide bonds. The molecule has 0 aromatic heterocycles. The molecule has 56 valence electrons. The zero-order valence-electron chi connectivity index (χ0n) is 6.10. The van der Waals surface area contributed by atoms with Gasteiger partial charge in [-0.2, -0.15) is 6.07 Å². The standard InChI is InChI=1S/C7H6FO.BrH.Zn/c1-9-7-4-2-3-6(8)5-7;;/h2-4H,1H3;1H;/q-1;;+2/p-1. The van der Waals surface area contributed by atoms with E-state index in [0.717, 1.165) is 0 Å². The van der Waals surface area contributed by atoms with Gasteiger partial charge in [-0.05, 0) is 0 Å². The third kappa shape index (κ3) is 4.49. The van der Waals surface area contributed by atoms with Gasteiger partial charge < -0.3 is 4.74 Å². The van der Waals surface area contributed by atoms with Crippen LogP contribution in [0.1, 0.15) is 0 Å². The monoisotopic (exact) mass is 268 g/mol. The average molecular weight is 270 g/mol. The van der Waals surface area contributed by atoms with Gasteiger partial charge in [0.1, 0.15) is 0 Å². The first kappa shape index (κ1) is 11.1. The van der Waals surface area contributed by atoms with Crippen molar-refractivity contribution in [3.63, 3.8) is 0 Å². The van der Waals surface area contributed by atoms with Gasteiger partial charge in [-0.15, -0.1) is 18.2 Å². The Morgan fingerprint density at radius 2 is 2.18 bits per heavy atom. The molecule has 0 aliphatic rings. The predicted octanol–water partition coefficient (Wildman–Crippen LogP) is 2.48. The SMILES string of the molecule is COc1[c-]c(F)ccc1.[Zn+][Br]. The van der Waals surface area contributed by atoms with Crippen molar-refractivity contribution in [2.75, 3.05) is 7.11 Å². The van der Waals surface area contributed by atoms with Crippen molar-refractivity contribution in [1.82, 2.24) is 0 Å². The molecular formula is C7H6BrFOZn. The van der Waals surface area contributed by atoms with Gasteiger partial charge in [-0.25, -0.2) is 4.39 Å². The van der Waals surface area contributed by atoms with Crippen LogP contribution in [0.15, 0.2) is 18.2 Å². The Hall–Kier alpha value is 0.0534. The summed E-state index contributed by atoms with van der Waals surface area (Å²) in [5.41, 5.74) is 0. The van der Waals surface area contributed by atoms with Gasteiger partial charge in [-0.1, -0.05) is 0 Å². The van der Waals surface area contributed by atoms with E-state index in [-0.39, 0.29) is 0 Å². The van der Waals surface area contributed by atoms with Crippen molar-refractivity contribution < 1.29 is 25.5 Å². The molecule has 0 heterocycles. The van der Waals surface area contributed by atoms with Crippen molar-refractivity contribution in [3.05, 3.63) is 30.1 Å². The second kappa shape index (κ2) is 6.74. The third-order valence-corrected chi connectivity index (χ3v) is 0.953. The molecule has 0 aliphatic heterocycles. The number of rotatable bonds is 1. The molecule has 1 nitrogen and oxygen atoms in total. The second-order valence-electron chi connectivity index (χ2n) is 1.57. The van der Waals surface area contributed by atoms with Gasteiger partial charge in [0, 0.05) is 11.6 Å². The summed E-state index contributed by atoms with van der Waals surface area (Å²) < 4.78 is 16.9. The molecule has 0 aliphatic carbocycles. The Balaban J connectivity index is 0.000000461. The fraction of sp³-hybridized carbons (Fsp3) is 0.143. The van der Waals surface area contributed by atoms with E-state index in [1.54, 1.807) is 12.1 Å². The summed E-state index contributed by atoms with van der Waals surface area (Å²) in [5.74, 6) is 0.0318. The molecule has 0 fully saturated rings. The second-order valence-corrected chi connectivity index (χ2v) is 1.57. The van der Waals surface area contributed by atoms with Crippen LogP contribution in [0.5, 0.6) is 5.75 Å². The molecule has 1 aromatic carbocycles. The van der Waals surface area contributed by atoms with Crippen LogP contribution in [0.2, 0.25) is 0 Å². The van der Waals surface area contributed by atoms with Crippen LogP contribution in [-0.4, -0.2) is 7.11 Å². The summed E-state index contributed by atoms with van der Waals surface area (Å²) in [6.07, 6.45) is 0. The molecule has 0 radical (unpaired) electrons. The minimum absolute atomic E-state index is 0.394.